The van der Waals surface area contributed by atoms with Crippen LogP contribution in [0.3, 0.4) is 0 Å². The van der Waals surface area contributed by atoms with Gasteiger partial charge in [-0.05, 0) is 47.0 Å². The van der Waals surface area contributed by atoms with Crippen LogP contribution >= 0.6 is 0 Å². The van der Waals surface area contributed by atoms with Gasteiger partial charge < -0.3 is 4.98 Å². The second kappa shape index (κ2) is 7.55. The number of nitrogens with one attached hydrogen (secondary N) is 2. The first kappa shape index (κ1) is 16.6. The van der Waals surface area contributed by atoms with Crippen molar-refractivity contribution in [3.8, 4) is 11.3 Å². The van der Waals surface area contributed by atoms with Gasteiger partial charge in [-0.1, -0.05) is 24.3 Å². The Morgan fingerprint density at radius 2 is 1.88 bits per heavy atom. The van der Waals surface area contributed by atoms with Gasteiger partial charge in [0, 0.05) is 12.5 Å². The maximum atomic E-state index is 13.0. The Morgan fingerprint density at radius 1 is 1.16 bits per heavy atom. The Labute approximate surface area is 143 Å². The molecular weight excluding hydrogens is 321 g/mol. The molecule has 3 N–H and O–H groups in total. The van der Waals surface area contributed by atoms with Crippen molar-refractivity contribution in [3.05, 3.63) is 83.6 Å². The molecule has 0 aliphatic carbocycles. The maximum Gasteiger partial charge on any atom is 0.267 e. The highest BCUT2D eigenvalue weighted by molar-refractivity contribution is 5.90. The second-order valence-electron chi connectivity index (χ2n) is 5.48. The number of nitrogens with zero attached hydrogens (tertiary/aromatic N) is 1. The van der Waals surface area contributed by atoms with Crippen molar-refractivity contribution in [3.63, 3.8) is 0 Å². The molecule has 0 radical (unpaired) electrons. The largest absolute Gasteiger partial charge is 0.342 e. The van der Waals surface area contributed by atoms with E-state index < -0.39 is 5.91 Å². The lowest BCUT2D eigenvalue weighted by Crippen LogP contribution is -2.14. The maximum absolute atomic E-state index is 13.0. The van der Waals surface area contributed by atoms with E-state index in [1.807, 2.05) is 24.3 Å². The molecule has 2 aromatic carbocycles. The predicted octanol–water partition coefficient (Wildman–Crippen LogP) is 3.33. The third-order valence-corrected chi connectivity index (χ3v) is 3.67. The van der Waals surface area contributed by atoms with Gasteiger partial charge in [0.2, 0.25) is 0 Å². The first-order valence-electron chi connectivity index (χ1n) is 7.65. The summed E-state index contributed by atoms with van der Waals surface area (Å²) in [5.74, 6) is -0.0376. The van der Waals surface area contributed by atoms with E-state index in [9.17, 15) is 9.18 Å². The molecule has 25 heavy (non-hydrogen) atoms. The number of hydroxylamine groups is 1. The number of aromatic nitrogens is 2. The number of hydrogen-bond acceptors (Lipinski definition) is 3. The highest BCUT2D eigenvalue weighted by Crippen LogP contribution is 2.18. The number of rotatable bonds is 5. The number of aromatic amines is 1. The minimum atomic E-state index is -0.576. The van der Waals surface area contributed by atoms with E-state index in [2.05, 4.69) is 9.97 Å². The molecule has 1 aromatic heterocycles. The van der Waals surface area contributed by atoms with Gasteiger partial charge in [0.25, 0.3) is 5.91 Å². The molecule has 0 bridgehead atoms. The zero-order valence-electron chi connectivity index (χ0n) is 13.2. The van der Waals surface area contributed by atoms with Crippen LogP contribution < -0.4 is 5.48 Å². The summed E-state index contributed by atoms with van der Waals surface area (Å²) in [5.41, 5.74) is 5.16. The van der Waals surface area contributed by atoms with Gasteiger partial charge in [-0.15, -0.1) is 0 Å². The van der Waals surface area contributed by atoms with Crippen molar-refractivity contribution in [1.82, 2.24) is 15.4 Å². The van der Waals surface area contributed by atoms with Crippen LogP contribution in [0.25, 0.3) is 17.3 Å². The molecule has 0 saturated carbocycles. The molecule has 0 fully saturated rings. The second-order valence-corrected chi connectivity index (χ2v) is 5.48. The number of amides is 1. The van der Waals surface area contributed by atoms with Crippen LogP contribution in [0.5, 0.6) is 0 Å². The van der Waals surface area contributed by atoms with E-state index in [4.69, 9.17) is 5.21 Å². The molecule has 0 atom stereocenters. The molecule has 0 saturated heterocycles. The summed E-state index contributed by atoms with van der Waals surface area (Å²) in [6.07, 6.45) is 5.21. The number of imidazole rings is 1. The number of carbonyl (C=O) groups excluding carboxylic acids is 1. The quantitative estimate of drug-likeness (QED) is 0.380. The Bertz CT molecular complexity index is 884. The number of benzene rings is 2. The first-order valence-corrected chi connectivity index (χ1v) is 7.65. The fourth-order valence-electron chi connectivity index (χ4n) is 2.38. The topological polar surface area (TPSA) is 78.0 Å². The zero-order chi connectivity index (χ0) is 17.6. The summed E-state index contributed by atoms with van der Waals surface area (Å²) in [4.78, 5) is 18.5. The fourth-order valence-corrected chi connectivity index (χ4v) is 2.38. The van der Waals surface area contributed by atoms with Gasteiger partial charge >= 0.3 is 0 Å². The Morgan fingerprint density at radius 3 is 2.56 bits per heavy atom. The Kier molecular flexibility index (Phi) is 5.01. The normalized spacial score (nSPS) is 11.0. The minimum absolute atomic E-state index is 0.269. The van der Waals surface area contributed by atoms with E-state index in [1.165, 1.54) is 23.7 Å². The average molecular weight is 337 g/mol. The Hall–Kier alpha value is -3.25. The van der Waals surface area contributed by atoms with Crippen LogP contribution in [0.2, 0.25) is 0 Å². The molecule has 126 valence electrons. The molecular formula is C19H16FN3O2. The summed E-state index contributed by atoms with van der Waals surface area (Å²) >= 11 is 0. The standard InChI is InChI=1S/C19H16FN3O2/c20-16-8-6-15(7-9-16)17-12-21-18(22-17)11-14-3-1-13(2-4-14)5-10-19(24)23-25/h1-10,12,25H,11H2,(H,21,22)(H,23,24). The minimum Gasteiger partial charge on any atom is -0.342 e. The summed E-state index contributed by atoms with van der Waals surface area (Å²) in [5, 5.41) is 8.44. The molecule has 0 aliphatic rings. The van der Waals surface area contributed by atoms with Crippen LogP contribution in [0.1, 0.15) is 17.0 Å². The number of carbonyl (C=O) groups is 1. The van der Waals surface area contributed by atoms with Crippen molar-refractivity contribution in [2.24, 2.45) is 0 Å². The zero-order valence-corrected chi connectivity index (χ0v) is 13.2. The van der Waals surface area contributed by atoms with Gasteiger partial charge in [-0.25, -0.2) is 14.9 Å². The highest BCUT2D eigenvalue weighted by atomic mass is 19.1. The molecule has 0 aliphatic heterocycles. The smallest absolute Gasteiger partial charge is 0.267 e. The molecule has 3 rings (SSSR count). The van der Waals surface area contributed by atoms with Crippen LogP contribution in [0.15, 0.2) is 60.8 Å². The molecule has 0 unspecified atom stereocenters. The summed E-state index contributed by atoms with van der Waals surface area (Å²) in [6, 6.07) is 13.9. The lowest BCUT2D eigenvalue weighted by molar-refractivity contribution is -0.124. The van der Waals surface area contributed by atoms with E-state index in [1.54, 1.807) is 24.4 Å². The lowest BCUT2D eigenvalue weighted by atomic mass is 10.1. The van der Waals surface area contributed by atoms with E-state index in [-0.39, 0.29) is 5.82 Å². The van der Waals surface area contributed by atoms with E-state index >= 15 is 0 Å². The third-order valence-electron chi connectivity index (χ3n) is 3.67. The fraction of sp³-hybridized carbons (Fsp3) is 0.0526. The van der Waals surface area contributed by atoms with Crippen LogP contribution in [-0.2, 0) is 11.2 Å². The first-order chi connectivity index (χ1) is 12.1. The van der Waals surface area contributed by atoms with Crippen LogP contribution in [-0.4, -0.2) is 21.1 Å². The van der Waals surface area contributed by atoms with Crippen LogP contribution in [0.4, 0.5) is 4.39 Å². The van der Waals surface area contributed by atoms with Gasteiger partial charge in [-0.2, -0.15) is 0 Å². The number of H-pyrrole nitrogens is 1. The SMILES string of the molecule is O=C(C=Cc1ccc(Cc2ncc(-c3ccc(F)cc3)[nH]2)cc1)NO. The van der Waals surface area contributed by atoms with E-state index in [0.29, 0.717) is 6.42 Å². The summed E-state index contributed by atoms with van der Waals surface area (Å²) in [6.45, 7) is 0. The van der Waals surface area contributed by atoms with Gasteiger partial charge in [0.05, 0.1) is 11.9 Å². The van der Waals surface area contributed by atoms with Crippen LogP contribution in [0, 0.1) is 5.82 Å². The van der Waals surface area contributed by atoms with Crippen molar-refractivity contribution in [2.45, 2.75) is 6.42 Å². The van der Waals surface area contributed by atoms with Crippen molar-refractivity contribution < 1.29 is 14.4 Å². The lowest BCUT2D eigenvalue weighted by Gasteiger charge is -2.00. The number of halogens is 1. The summed E-state index contributed by atoms with van der Waals surface area (Å²) < 4.78 is 13.0. The van der Waals surface area contributed by atoms with E-state index in [0.717, 1.165) is 28.2 Å². The molecule has 3 aromatic rings. The van der Waals surface area contributed by atoms with Gasteiger partial charge in [-0.3, -0.25) is 10.0 Å². The van der Waals surface area contributed by atoms with Gasteiger partial charge in [0.15, 0.2) is 0 Å². The summed E-state index contributed by atoms with van der Waals surface area (Å²) in [7, 11) is 0. The monoisotopic (exact) mass is 337 g/mol. The average Bonchev–Trinajstić information content (AvgIpc) is 3.10. The molecule has 0 spiro atoms. The molecule has 1 heterocycles. The Balaban J connectivity index is 1.67. The van der Waals surface area contributed by atoms with Crippen molar-refractivity contribution in [1.29, 1.82) is 0 Å². The predicted molar refractivity (Wildman–Crippen MR) is 92.2 cm³/mol. The molecule has 1 amide bonds. The van der Waals surface area contributed by atoms with Gasteiger partial charge in [0.1, 0.15) is 11.6 Å². The third kappa shape index (κ3) is 4.39. The highest BCUT2D eigenvalue weighted by Gasteiger charge is 2.05. The number of hydrogen-bond donors (Lipinski definition) is 3. The van der Waals surface area contributed by atoms with Crippen molar-refractivity contribution in [2.75, 3.05) is 0 Å². The molecule has 6 heteroatoms. The van der Waals surface area contributed by atoms with Crippen molar-refractivity contribution >= 4 is 12.0 Å². The molecule has 5 nitrogen and oxygen atoms in total.